The summed E-state index contributed by atoms with van der Waals surface area (Å²) < 4.78 is 43.7. The van der Waals surface area contributed by atoms with Crippen LogP contribution in [0.4, 0.5) is 18.9 Å². The van der Waals surface area contributed by atoms with Crippen molar-refractivity contribution in [3.63, 3.8) is 0 Å². The largest absolute Gasteiger partial charge is 0.497 e. The average molecular weight is 392 g/mol. The van der Waals surface area contributed by atoms with Crippen LogP contribution in [-0.2, 0) is 6.18 Å². The zero-order valence-electron chi connectivity index (χ0n) is 15.8. The second-order valence-electron chi connectivity index (χ2n) is 6.94. The highest BCUT2D eigenvalue weighted by molar-refractivity contribution is 6.06. The Morgan fingerprint density at radius 1 is 1.21 bits per heavy atom. The SMILES string of the molecule is COc1ccc(N(C[C@@H]2CCCN2)C(=O)c2ccc(C(F)(F)F)cc2)c(C)c1. The Balaban J connectivity index is 1.92. The number of halogens is 3. The molecule has 0 bridgehead atoms. The Morgan fingerprint density at radius 2 is 1.93 bits per heavy atom. The van der Waals surface area contributed by atoms with Crippen LogP contribution >= 0.6 is 0 Å². The van der Waals surface area contributed by atoms with Gasteiger partial charge in [-0.1, -0.05) is 0 Å². The minimum atomic E-state index is -4.43. The van der Waals surface area contributed by atoms with Crippen LogP contribution < -0.4 is 15.0 Å². The van der Waals surface area contributed by atoms with Gasteiger partial charge >= 0.3 is 6.18 Å². The van der Waals surface area contributed by atoms with E-state index >= 15 is 0 Å². The van der Waals surface area contributed by atoms with Crippen LogP contribution in [0.15, 0.2) is 42.5 Å². The molecule has 3 rings (SSSR count). The maximum atomic E-state index is 13.2. The Kier molecular flexibility index (Phi) is 5.93. The summed E-state index contributed by atoms with van der Waals surface area (Å²) in [7, 11) is 1.57. The maximum Gasteiger partial charge on any atom is 0.416 e. The normalized spacial score (nSPS) is 16.8. The number of rotatable bonds is 5. The molecule has 4 nitrogen and oxygen atoms in total. The van der Waals surface area contributed by atoms with Crippen molar-refractivity contribution in [1.29, 1.82) is 0 Å². The number of aryl methyl sites for hydroxylation is 1. The first-order valence-corrected chi connectivity index (χ1v) is 9.17. The molecule has 0 saturated carbocycles. The number of carbonyl (C=O) groups is 1. The molecule has 0 aromatic heterocycles. The summed E-state index contributed by atoms with van der Waals surface area (Å²) in [6.07, 6.45) is -2.44. The van der Waals surface area contributed by atoms with E-state index in [-0.39, 0.29) is 17.5 Å². The molecule has 2 aromatic rings. The van der Waals surface area contributed by atoms with Crippen LogP contribution in [0.1, 0.15) is 34.3 Å². The van der Waals surface area contributed by atoms with E-state index in [1.807, 2.05) is 19.1 Å². The fourth-order valence-electron chi connectivity index (χ4n) is 3.44. The van der Waals surface area contributed by atoms with Crippen molar-refractivity contribution in [3.8, 4) is 5.75 Å². The first-order valence-electron chi connectivity index (χ1n) is 9.17. The number of hydrogen-bond donors (Lipinski definition) is 1. The summed E-state index contributed by atoms with van der Waals surface area (Å²) in [5.41, 5.74) is 1.03. The number of alkyl halides is 3. The Labute approximate surface area is 162 Å². The number of methoxy groups -OCH3 is 1. The van der Waals surface area contributed by atoms with Gasteiger partial charge in [-0.25, -0.2) is 0 Å². The van der Waals surface area contributed by atoms with Gasteiger partial charge in [0.2, 0.25) is 0 Å². The molecule has 0 radical (unpaired) electrons. The molecule has 1 amide bonds. The molecular weight excluding hydrogens is 369 g/mol. The van der Waals surface area contributed by atoms with Gasteiger partial charge in [0.15, 0.2) is 0 Å². The first kappa shape index (κ1) is 20.2. The molecule has 0 aliphatic carbocycles. The average Bonchev–Trinajstić information content (AvgIpc) is 3.18. The van der Waals surface area contributed by atoms with E-state index in [2.05, 4.69) is 5.32 Å². The van der Waals surface area contributed by atoms with Crippen LogP contribution in [0.5, 0.6) is 5.75 Å². The van der Waals surface area contributed by atoms with E-state index in [0.29, 0.717) is 12.3 Å². The van der Waals surface area contributed by atoms with E-state index in [4.69, 9.17) is 4.74 Å². The number of anilines is 1. The molecule has 0 unspecified atom stereocenters. The van der Waals surface area contributed by atoms with Gasteiger partial charge in [-0.2, -0.15) is 13.2 Å². The van der Waals surface area contributed by atoms with Gasteiger partial charge in [-0.05, 0) is 74.3 Å². The van der Waals surface area contributed by atoms with Crippen LogP contribution in [-0.4, -0.2) is 32.1 Å². The Morgan fingerprint density at radius 3 is 2.46 bits per heavy atom. The van der Waals surface area contributed by atoms with E-state index in [1.165, 1.54) is 12.1 Å². The lowest BCUT2D eigenvalue weighted by atomic mass is 10.1. The van der Waals surface area contributed by atoms with E-state index in [0.717, 1.165) is 42.8 Å². The number of hydrogen-bond acceptors (Lipinski definition) is 3. The summed E-state index contributed by atoms with van der Waals surface area (Å²) in [6, 6.07) is 9.94. The predicted octanol–water partition coefficient (Wildman–Crippen LogP) is 4.42. The Hall–Kier alpha value is -2.54. The second kappa shape index (κ2) is 8.22. The predicted molar refractivity (Wildman–Crippen MR) is 102 cm³/mol. The zero-order valence-corrected chi connectivity index (χ0v) is 15.8. The number of ether oxygens (including phenoxy) is 1. The third-order valence-electron chi connectivity index (χ3n) is 4.96. The number of nitrogens with zero attached hydrogens (tertiary/aromatic N) is 1. The molecule has 2 aromatic carbocycles. The standard InChI is InChI=1S/C21H23F3N2O2/c1-14-12-18(28-2)9-10-19(14)26(13-17-4-3-11-25-17)20(27)15-5-7-16(8-6-15)21(22,23)24/h5-10,12,17,25H,3-4,11,13H2,1-2H3/t17-/m0/s1. The van der Waals surface area contributed by atoms with Crippen LogP contribution in [0, 0.1) is 6.92 Å². The summed E-state index contributed by atoms with van der Waals surface area (Å²) in [5.74, 6) is 0.359. The van der Waals surface area contributed by atoms with Crippen LogP contribution in [0.25, 0.3) is 0 Å². The van der Waals surface area contributed by atoms with Crippen molar-refractivity contribution < 1.29 is 22.7 Å². The lowest BCUT2D eigenvalue weighted by Gasteiger charge is -2.28. The summed E-state index contributed by atoms with van der Waals surface area (Å²) in [4.78, 5) is 14.8. The summed E-state index contributed by atoms with van der Waals surface area (Å²) >= 11 is 0. The summed E-state index contributed by atoms with van der Waals surface area (Å²) in [5, 5.41) is 3.37. The third-order valence-corrected chi connectivity index (χ3v) is 4.96. The van der Waals surface area contributed by atoms with Gasteiger partial charge in [0.1, 0.15) is 5.75 Å². The minimum Gasteiger partial charge on any atom is -0.497 e. The van der Waals surface area contributed by atoms with Crippen molar-refractivity contribution in [2.24, 2.45) is 0 Å². The van der Waals surface area contributed by atoms with Gasteiger partial charge in [0.05, 0.1) is 12.7 Å². The smallest absolute Gasteiger partial charge is 0.416 e. The number of nitrogens with one attached hydrogen (secondary N) is 1. The minimum absolute atomic E-state index is 0.153. The third kappa shape index (κ3) is 4.47. The van der Waals surface area contributed by atoms with Crippen molar-refractivity contribution in [2.75, 3.05) is 25.1 Å². The molecule has 28 heavy (non-hydrogen) atoms. The lowest BCUT2D eigenvalue weighted by molar-refractivity contribution is -0.137. The Bertz CT molecular complexity index is 829. The van der Waals surface area contributed by atoms with E-state index in [1.54, 1.807) is 18.1 Å². The molecule has 0 spiro atoms. The van der Waals surface area contributed by atoms with Crippen molar-refractivity contribution >= 4 is 11.6 Å². The molecule has 1 saturated heterocycles. The molecule has 1 aliphatic rings. The van der Waals surface area contributed by atoms with Gasteiger partial charge in [0, 0.05) is 23.8 Å². The number of benzene rings is 2. The van der Waals surface area contributed by atoms with Crippen LogP contribution in [0.3, 0.4) is 0 Å². The van der Waals surface area contributed by atoms with Gasteiger partial charge in [-0.3, -0.25) is 4.79 Å². The molecule has 1 fully saturated rings. The van der Waals surface area contributed by atoms with Gasteiger partial charge < -0.3 is 15.0 Å². The highest BCUT2D eigenvalue weighted by Gasteiger charge is 2.31. The number of amides is 1. The van der Waals surface area contributed by atoms with E-state index < -0.39 is 11.7 Å². The van der Waals surface area contributed by atoms with Gasteiger partial charge in [0.25, 0.3) is 5.91 Å². The maximum absolute atomic E-state index is 13.2. The van der Waals surface area contributed by atoms with Crippen molar-refractivity contribution in [2.45, 2.75) is 32.0 Å². The quantitative estimate of drug-likeness (QED) is 0.819. The molecule has 1 atom stereocenters. The molecule has 1 heterocycles. The number of carbonyl (C=O) groups excluding carboxylic acids is 1. The molecule has 7 heteroatoms. The zero-order chi connectivity index (χ0) is 20.3. The molecular formula is C21H23F3N2O2. The van der Waals surface area contributed by atoms with Crippen molar-refractivity contribution in [3.05, 3.63) is 59.2 Å². The molecule has 150 valence electrons. The highest BCUT2D eigenvalue weighted by atomic mass is 19.4. The van der Waals surface area contributed by atoms with Gasteiger partial charge in [-0.15, -0.1) is 0 Å². The lowest BCUT2D eigenvalue weighted by Crippen LogP contribution is -2.41. The fourth-order valence-corrected chi connectivity index (χ4v) is 3.44. The van der Waals surface area contributed by atoms with Crippen LogP contribution in [0.2, 0.25) is 0 Å². The fraction of sp³-hybridized carbons (Fsp3) is 0.381. The van der Waals surface area contributed by atoms with Crippen molar-refractivity contribution in [1.82, 2.24) is 5.32 Å². The highest BCUT2D eigenvalue weighted by Crippen LogP contribution is 2.30. The topological polar surface area (TPSA) is 41.6 Å². The monoisotopic (exact) mass is 392 g/mol. The molecule has 1 aliphatic heterocycles. The van der Waals surface area contributed by atoms with E-state index in [9.17, 15) is 18.0 Å². The first-order chi connectivity index (χ1) is 13.3. The summed E-state index contributed by atoms with van der Waals surface area (Å²) in [6.45, 7) is 3.23. The molecule has 1 N–H and O–H groups in total. The second-order valence-corrected chi connectivity index (χ2v) is 6.94.